The lowest BCUT2D eigenvalue weighted by atomic mass is 10.2. The number of carbonyl (C=O) groups is 1. The third-order valence-electron chi connectivity index (χ3n) is 2.42. The molecule has 1 aromatic heterocycles. The zero-order valence-corrected chi connectivity index (χ0v) is 9.55. The van der Waals surface area contributed by atoms with Gasteiger partial charge in [-0.25, -0.2) is 4.68 Å². The Kier molecular flexibility index (Phi) is 3.20. The van der Waals surface area contributed by atoms with E-state index in [0.717, 1.165) is 17.8 Å². The minimum Gasteiger partial charge on any atom is -0.366 e. The van der Waals surface area contributed by atoms with E-state index in [1.807, 2.05) is 31.3 Å². The molecule has 0 unspecified atom stereocenters. The number of rotatable bonds is 4. The number of primary amides is 1. The van der Waals surface area contributed by atoms with Gasteiger partial charge in [0.2, 0.25) is 0 Å². The summed E-state index contributed by atoms with van der Waals surface area (Å²) in [5.74, 6) is -0.470. The smallest absolute Gasteiger partial charge is 0.251 e. The zero-order chi connectivity index (χ0) is 12.3. The molecule has 5 heteroatoms. The molecule has 0 fully saturated rings. The van der Waals surface area contributed by atoms with Crippen molar-refractivity contribution >= 4 is 5.91 Å². The van der Waals surface area contributed by atoms with Crippen LogP contribution >= 0.6 is 0 Å². The summed E-state index contributed by atoms with van der Waals surface area (Å²) < 4.78 is 1.64. The van der Waals surface area contributed by atoms with E-state index in [1.54, 1.807) is 10.9 Å². The average Bonchev–Trinajstić information content (AvgIpc) is 2.79. The first-order valence-corrected chi connectivity index (χ1v) is 5.29. The Morgan fingerprint density at radius 2 is 2.35 bits per heavy atom. The largest absolute Gasteiger partial charge is 0.366 e. The number of hydrogen-bond donors (Lipinski definition) is 2. The maximum Gasteiger partial charge on any atom is 0.251 e. The molecule has 2 aromatic rings. The lowest BCUT2D eigenvalue weighted by molar-refractivity contribution is 0.100. The summed E-state index contributed by atoms with van der Waals surface area (Å²) in [7, 11) is 1.89. The van der Waals surface area contributed by atoms with Crippen LogP contribution in [0.1, 0.15) is 15.9 Å². The quantitative estimate of drug-likeness (QED) is 0.811. The average molecular weight is 230 g/mol. The fraction of sp³-hybridized carbons (Fsp3) is 0.167. The fourth-order valence-electron chi connectivity index (χ4n) is 1.60. The van der Waals surface area contributed by atoms with E-state index in [4.69, 9.17) is 5.73 Å². The van der Waals surface area contributed by atoms with Crippen LogP contribution in [-0.2, 0) is 6.54 Å². The number of amides is 1. The van der Waals surface area contributed by atoms with Crippen LogP contribution in [-0.4, -0.2) is 22.7 Å². The predicted molar refractivity (Wildman–Crippen MR) is 64.8 cm³/mol. The van der Waals surface area contributed by atoms with E-state index in [2.05, 4.69) is 10.4 Å². The van der Waals surface area contributed by atoms with Crippen molar-refractivity contribution in [1.29, 1.82) is 0 Å². The number of aromatic nitrogens is 2. The summed E-state index contributed by atoms with van der Waals surface area (Å²) in [6.45, 7) is 0.789. The highest BCUT2D eigenvalue weighted by molar-refractivity contribution is 5.92. The minimum absolute atomic E-state index is 0.406. The van der Waals surface area contributed by atoms with E-state index in [0.29, 0.717) is 5.56 Å². The second-order valence-electron chi connectivity index (χ2n) is 3.74. The van der Waals surface area contributed by atoms with Gasteiger partial charge in [-0.05, 0) is 24.7 Å². The molecule has 0 aliphatic heterocycles. The summed E-state index contributed by atoms with van der Waals surface area (Å²) in [5, 5.41) is 7.19. The number of nitrogens with two attached hydrogens (primary N) is 1. The minimum atomic E-state index is -0.470. The van der Waals surface area contributed by atoms with Crippen molar-refractivity contribution in [2.24, 2.45) is 5.73 Å². The lowest BCUT2D eigenvalue weighted by Crippen LogP contribution is -2.09. The second kappa shape index (κ2) is 4.80. The molecule has 0 bridgehead atoms. The van der Waals surface area contributed by atoms with Gasteiger partial charge in [0.15, 0.2) is 0 Å². The highest BCUT2D eigenvalue weighted by atomic mass is 16.1. The van der Waals surface area contributed by atoms with Gasteiger partial charge < -0.3 is 11.1 Å². The Morgan fingerprint density at radius 3 is 3.00 bits per heavy atom. The Hall–Kier alpha value is -2.14. The van der Waals surface area contributed by atoms with E-state index in [9.17, 15) is 4.79 Å². The molecule has 0 radical (unpaired) electrons. The van der Waals surface area contributed by atoms with Crippen molar-refractivity contribution in [1.82, 2.24) is 15.1 Å². The molecule has 1 heterocycles. The monoisotopic (exact) mass is 230 g/mol. The molecule has 2 rings (SSSR count). The van der Waals surface area contributed by atoms with Crippen LogP contribution in [0.2, 0.25) is 0 Å². The first-order chi connectivity index (χ1) is 8.20. The highest BCUT2D eigenvalue weighted by Crippen LogP contribution is 2.10. The lowest BCUT2D eigenvalue weighted by Gasteiger charge is -2.04. The number of carbonyl (C=O) groups excluding carboxylic acids is 1. The molecule has 0 saturated heterocycles. The van der Waals surface area contributed by atoms with Gasteiger partial charge in [0.1, 0.15) is 0 Å². The molecular formula is C12H14N4O. The first-order valence-electron chi connectivity index (χ1n) is 5.29. The van der Waals surface area contributed by atoms with Crippen LogP contribution in [0, 0.1) is 0 Å². The van der Waals surface area contributed by atoms with Crippen molar-refractivity contribution in [2.75, 3.05) is 7.05 Å². The van der Waals surface area contributed by atoms with Crippen molar-refractivity contribution in [3.63, 3.8) is 0 Å². The molecule has 0 saturated carbocycles. The van der Waals surface area contributed by atoms with Crippen molar-refractivity contribution in [2.45, 2.75) is 6.54 Å². The maximum atomic E-state index is 11.0. The standard InChI is InChI=1S/C12H14N4O/c1-14-6-9-3-2-4-11(5-9)16-8-10(7-15-16)12(13)17/h2-5,7-8,14H,6H2,1H3,(H2,13,17). The third-order valence-corrected chi connectivity index (χ3v) is 2.42. The van der Waals surface area contributed by atoms with Crippen LogP contribution in [0.5, 0.6) is 0 Å². The zero-order valence-electron chi connectivity index (χ0n) is 9.55. The molecule has 3 N–H and O–H groups in total. The Labute approximate surface area is 99.2 Å². The predicted octanol–water partition coefficient (Wildman–Crippen LogP) is 0.691. The van der Waals surface area contributed by atoms with Crippen LogP contribution < -0.4 is 11.1 Å². The van der Waals surface area contributed by atoms with Gasteiger partial charge in [0, 0.05) is 12.7 Å². The molecule has 17 heavy (non-hydrogen) atoms. The van der Waals surface area contributed by atoms with Crippen LogP contribution in [0.15, 0.2) is 36.7 Å². The normalized spacial score (nSPS) is 10.4. The molecule has 0 spiro atoms. The van der Waals surface area contributed by atoms with E-state index < -0.39 is 5.91 Å². The molecule has 1 amide bonds. The summed E-state index contributed by atoms with van der Waals surface area (Å²) in [5.41, 5.74) is 7.65. The van der Waals surface area contributed by atoms with E-state index >= 15 is 0 Å². The second-order valence-corrected chi connectivity index (χ2v) is 3.74. The number of nitrogens with one attached hydrogen (secondary N) is 1. The maximum absolute atomic E-state index is 11.0. The van der Waals surface area contributed by atoms with Gasteiger partial charge >= 0.3 is 0 Å². The van der Waals surface area contributed by atoms with E-state index in [-0.39, 0.29) is 0 Å². The number of hydrogen-bond acceptors (Lipinski definition) is 3. The molecule has 88 valence electrons. The van der Waals surface area contributed by atoms with Crippen molar-refractivity contribution in [3.05, 3.63) is 47.8 Å². The Bertz CT molecular complexity index is 533. The SMILES string of the molecule is CNCc1cccc(-n2cc(C(N)=O)cn2)c1. The van der Waals surface area contributed by atoms with Gasteiger partial charge in [0.25, 0.3) is 5.91 Å². The summed E-state index contributed by atoms with van der Waals surface area (Å²) in [4.78, 5) is 11.0. The Morgan fingerprint density at radius 1 is 1.53 bits per heavy atom. The fourth-order valence-corrected chi connectivity index (χ4v) is 1.60. The molecule has 0 aliphatic rings. The van der Waals surface area contributed by atoms with Gasteiger partial charge in [-0.15, -0.1) is 0 Å². The molecular weight excluding hydrogens is 216 g/mol. The van der Waals surface area contributed by atoms with Gasteiger partial charge in [-0.3, -0.25) is 4.79 Å². The van der Waals surface area contributed by atoms with E-state index in [1.165, 1.54) is 6.20 Å². The molecule has 0 aliphatic carbocycles. The van der Waals surface area contributed by atoms with Gasteiger partial charge in [-0.2, -0.15) is 5.10 Å². The van der Waals surface area contributed by atoms with Crippen LogP contribution in [0.4, 0.5) is 0 Å². The molecule has 0 atom stereocenters. The van der Waals surface area contributed by atoms with Crippen molar-refractivity contribution < 1.29 is 4.79 Å². The summed E-state index contributed by atoms with van der Waals surface area (Å²) in [6, 6.07) is 7.91. The van der Waals surface area contributed by atoms with Crippen molar-refractivity contribution in [3.8, 4) is 5.69 Å². The van der Waals surface area contributed by atoms with Gasteiger partial charge in [-0.1, -0.05) is 12.1 Å². The molecule has 1 aromatic carbocycles. The Balaban J connectivity index is 2.31. The number of benzene rings is 1. The highest BCUT2D eigenvalue weighted by Gasteiger charge is 2.05. The van der Waals surface area contributed by atoms with Gasteiger partial charge in [0.05, 0.1) is 17.4 Å². The summed E-state index contributed by atoms with van der Waals surface area (Å²) in [6.07, 6.45) is 3.09. The van der Waals surface area contributed by atoms with Crippen LogP contribution in [0.3, 0.4) is 0 Å². The molecule has 5 nitrogen and oxygen atoms in total. The topological polar surface area (TPSA) is 72.9 Å². The summed E-state index contributed by atoms with van der Waals surface area (Å²) >= 11 is 0. The third kappa shape index (κ3) is 2.51. The number of nitrogens with zero attached hydrogens (tertiary/aromatic N) is 2. The van der Waals surface area contributed by atoms with Crippen LogP contribution in [0.25, 0.3) is 5.69 Å². The first kappa shape index (κ1) is 11.3.